The number of hydrogen-bond acceptors (Lipinski definition) is 8. The van der Waals surface area contributed by atoms with E-state index in [1.165, 1.54) is 11.3 Å². The summed E-state index contributed by atoms with van der Waals surface area (Å²) in [6, 6.07) is 12.9. The Kier molecular flexibility index (Phi) is 10.1. The monoisotopic (exact) mass is 594 g/mol. The van der Waals surface area contributed by atoms with Crippen LogP contribution in [-0.4, -0.2) is 37.1 Å². The van der Waals surface area contributed by atoms with Crippen LogP contribution >= 0.6 is 23.1 Å². The molecule has 2 aromatic carbocycles. The number of ether oxygens (including phenoxy) is 3. The molecule has 1 atom stereocenters. The van der Waals surface area contributed by atoms with Gasteiger partial charge in [0.2, 0.25) is 0 Å². The molecule has 0 bridgehead atoms. The summed E-state index contributed by atoms with van der Waals surface area (Å²) in [6.45, 7) is 11.0. The molecule has 1 unspecified atom stereocenters. The topological polar surface area (TPSA) is 79.1 Å². The van der Waals surface area contributed by atoms with Crippen LogP contribution in [0, 0.1) is 11.8 Å². The number of carbonyl (C=O) groups is 1. The van der Waals surface area contributed by atoms with Crippen molar-refractivity contribution in [2.75, 3.05) is 26.6 Å². The minimum atomic E-state index is -0.643. The molecule has 0 aliphatic carbocycles. The van der Waals surface area contributed by atoms with E-state index < -0.39 is 12.0 Å². The van der Waals surface area contributed by atoms with Crippen molar-refractivity contribution in [2.45, 2.75) is 52.0 Å². The number of benzene rings is 2. The third-order valence-electron chi connectivity index (χ3n) is 6.66. The van der Waals surface area contributed by atoms with Gasteiger partial charge in [-0.2, -0.15) is 0 Å². The van der Waals surface area contributed by atoms with Crippen molar-refractivity contribution in [3.8, 4) is 11.5 Å². The highest BCUT2D eigenvalue weighted by molar-refractivity contribution is 7.98. The molecular formula is C32H38N2O5S2. The van der Waals surface area contributed by atoms with Crippen LogP contribution in [0.25, 0.3) is 6.08 Å². The summed E-state index contributed by atoms with van der Waals surface area (Å²) in [5, 5.41) is 0. The van der Waals surface area contributed by atoms with Gasteiger partial charge < -0.3 is 14.2 Å². The number of aromatic nitrogens is 1. The zero-order chi connectivity index (χ0) is 29.7. The fraction of sp³-hybridized carbons (Fsp3) is 0.406. The maximum absolute atomic E-state index is 13.9. The minimum Gasteiger partial charge on any atom is -0.493 e. The standard InChI is InChI=1S/C32H38N2O5S2/c1-19(2)14-15-38-25-13-8-22(16-26(25)37-6)17-27-30(35)34-29(23-9-11-24(40-7)12-10-23)28(21(5)33-32(34)41-27)31(36)39-18-20(3)4/h8-13,16-17,19-20,29H,14-15,18H2,1-7H3. The van der Waals surface area contributed by atoms with Gasteiger partial charge in [-0.15, -0.1) is 11.8 Å². The first kappa shape index (κ1) is 30.7. The molecule has 9 heteroatoms. The maximum atomic E-state index is 13.9. The minimum absolute atomic E-state index is 0.185. The van der Waals surface area contributed by atoms with Crippen molar-refractivity contribution >= 4 is 35.1 Å². The Morgan fingerprint density at radius 3 is 2.46 bits per heavy atom. The average Bonchev–Trinajstić information content (AvgIpc) is 3.25. The molecule has 2 heterocycles. The largest absolute Gasteiger partial charge is 0.493 e. The molecule has 0 N–H and O–H groups in total. The highest BCUT2D eigenvalue weighted by Gasteiger charge is 2.33. The number of fused-ring (bicyclic) bond motifs is 1. The lowest BCUT2D eigenvalue weighted by atomic mass is 9.96. The fourth-order valence-corrected chi connectivity index (χ4v) is 5.91. The molecule has 0 spiro atoms. The van der Waals surface area contributed by atoms with Gasteiger partial charge in [-0.3, -0.25) is 9.36 Å². The lowest BCUT2D eigenvalue weighted by Crippen LogP contribution is -2.40. The first-order valence-corrected chi connectivity index (χ1v) is 15.8. The van der Waals surface area contributed by atoms with E-state index in [9.17, 15) is 9.59 Å². The van der Waals surface area contributed by atoms with Crippen LogP contribution < -0.4 is 24.4 Å². The van der Waals surface area contributed by atoms with Crippen LogP contribution in [0.1, 0.15) is 58.2 Å². The number of thioether (sulfide) groups is 1. The van der Waals surface area contributed by atoms with E-state index in [2.05, 4.69) is 13.8 Å². The van der Waals surface area contributed by atoms with Gasteiger partial charge in [0.05, 0.1) is 42.2 Å². The molecule has 0 saturated carbocycles. The molecule has 0 radical (unpaired) electrons. The number of thiazole rings is 1. The molecule has 0 amide bonds. The zero-order valence-electron chi connectivity index (χ0n) is 24.7. The number of rotatable bonds is 11. The van der Waals surface area contributed by atoms with Crippen LogP contribution in [0.3, 0.4) is 0 Å². The van der Waals surface area contributed by atoms with Gasteiger partial charge in [0, 0.05) is 4.90 Å². The number of hydrogen-bond donors (Lipinski definition) is 0. The van der Waals surface area contributed by atoms with Crippen LogP contribution in [0.15, 0.2) is 68.4 Å². The maximum Gasteiger partial charge on any atom is 0.338 e. The summed E-state index contributed by atoms with van der Waals surface area (Å²) >= 11 is 2.93. The third-order valence-corrected chi connectivity index (χ3v) is 8.39. The van der Waals surface area contributed by atoms with Crippen molar-refractivity contribution in [3.05, 3.63) is 84.5 Å². The third kappa shape index (κ3) is 7.13. The lowest BCUT2D eigenvalue weighted by molar-refractivity contribution is -0.140. The summed E-state index contributed by atoms with van der Waals surface area (Å²) in [5.41, 5.74) is 2.34. The van der Waals surface area contributed by atoms with E-state index in [-0.39, 0.29) is 18.1 Å². The van der Waals surface area contributed by atoms with Gasteiger partial charge in [0.15, 0.2) is 16.3 Å². The Hall–Kier alpha value is -3.30. The fourth-order valence-electron chi connectivity index (χ4n) is 4.45. The summed E-state index contributed by atoms with van der Waals surface area (Å²) in [5.74, 6) is 1.55. The van der Waals surface area contributed by atoms with Crippen molar-refractivity contribution in [2.24, 2.45) is 16.8 Å². The number of esters is 1. The van der Waals surface area contributed by atoms with E-state index in [4.69, 9.17) is 19.2 Å². The van der Waals surface area contributed by atoms with Crippen molar-refractivity contribution in [3.63, 3.8) is 0 Å². The Morgan fingerprint density at radius 1 is 1.10 bits per heavy atom. The van der Waals surface area contributed by atoms with Gasteiger partial charge in [0.1, 0.15) is 0 Å². The van der Waals surface area contributed by atoms with E-state index in [0.717, 1.165) is 22.4 Å². The number of allylic oxidation sites excluding steroid dienone is 1. The highest BCUT2D eigenvalue weighted by atomic mass is 32.2. The summed E-state index contributed by atoms with van der Waals surface area (Å²) in [7, 11) is 1.60. The molecule has 3 aromatic rings. The van der Waals surface area contributed by atoms with Gasteiger partial charge in [-0.25, -0.2) is 9.79 Å². The van der Waals surface area contributed by atoms with Gasteiger partial charge in [-0.1, -0.05) is 57.2 Å². The Labute approximate surface area is 249 Å². The summed E-state index contributed by atoms with van der Waals surface area (Å²) < 4.78 is 19.3. The molecule has 1 aliphatic rings. The Balaban J connectivity index is 1.79. The first-order chi connectivity index (χ1) is 19.6. The Bertz CT molecular complexity index is 1600. The molecule has 218 valence electrons. The zero-order valence-corrected chi connectivity index (χ0v) is 26.4. The van der Waals surface area contributed by atoms with Crippen LogP contribution in [0.2, 0.25) is 0 Å². The summed E-state index contributed by atoms with van der Waals surface area (Å²) in [6.07, 6.45) is 4.78. The second kappa shape index (κ2) is 13.6. The molecule has 1 aromatic heterocycles. The second-order valence-electron chi connectivity index (χ2n) is 10.8. The van der Waals surface area contributed by atoms with E-state index in [1.54, 1.807) is 30.4 Å². The number of nitrogens with zero attached hydrogens (tertiary/aromatic N) is 2. The SMILES string of the molecule is COc1cc(C=c2sc3n(c2=O)C(c2ccc(SC)cc2)C(C(=O)OCC(C)C)=C(C)N=3)ccc1OCCC(C)C. The molecule has 4 rings (SSSR count). The van der Waals surface area contributed by atoms with E-state index >= 15 is 0 Å². The normalized spacial score (nSPS) is 15.2. The van der Waals surface area contributed by atoms with E-state index in [0.29, 0.717) is 44.6 Å². The molecule has 0 saturated heterocycles. The van der Waals surface area contributed by atoms with Gasteiger partial charge >= 0.3 is 5.97 Å². The van der Waals surface area contributed by atoms with Gasteiger partial charge in [0.25, 0.3) is 5.56 Å². The molecule has 0 fully saturated rings. The quantitative estimate of drug-likeness (QED) is 0.213. The average molecular weight is 595 g/mol. The smallest absolute Gasteiger partial charge is 0.338 e. The predicted octanol–water partition coefficient (Wildman–Crippen LogP) is 5.59. The number of methoxy groups -OCH3 is 1. The van der Waals surface area contributed by atoms with Gasteiger partial charge in [-0.05, 0) is 72.9 Å². The van der Waals surface area contributed by atoms with Crippen molar-refractivity contribution < 1.29 is 19.0 Å². The molecular weight excluding hydrogens is 556 g/mol. The molecule has 7 nitrogen and oxygen atoms in total. The van der Waals surface area contributed by atoms with Crippen LogP contribution in [0.4, 0.5) is 0 Å². The lowest BCUT2D eigenvalue weighted by Gasteiger charge is -2.25. The van der Waals surface area contributed by atoms with Crippen LogP contribution in [-0.2, 0) is 9.53 Å². The first-order valence-electron chi connectivity index (χ1n) is 13.8. The number of carbonyl (C=O) groups excluding carboxylic acids is 1. The highest BCUT2D eigenvalue weighted by Crippen LogP contribution is 2.32. The molecule has 1 aliphatic heterocycles. The summed E-state index contributed by atoms with van der Waals surface area (Å²) in [4.78, 5) is 33.6. The van der Waals surface area contributed by atoms with Crippen LogP contribution in [0.5, 0.6) is 11.5 Å². The van der Waals surface area contributed by atoms with E-state index in [1.807, 2.05) is 68.6 Å². The molecule has 41 heavy (non-hydrogen) atoms. The predicted molar refractivity (Wildman–Crippen MR) is 166 cm³/mol. The van der Waals surface area contributed by atoms with Crippen molar-refractivity contribution in [1.29, 1.82) is 0 Å². The second-order valence-corrected chi connectivity index (χ2v) is 12.7. The van der Waals surface area contributed by atoms with Crippen molar-refractivity contribution in [1.82, 2.24) is 4.57 Å². The Morgan fingerprint density at radius 2 is 1.83 bits per heavy atom.